The first kappa shape index (κ1) is 12.2. The molecule has 18 heavy (non-hydrogen) atoms. The summed E-state index contributed by atoms with van der Waals surface area (Å²) in [6, 6.07) is 6.52. The highest BCUT2D eigenvalue weighted by molar-refractivity contribution is 7.17. The van der Waals surface area contributed by atoms with E-state index in [0.29, 0.717) is 6.54 Å². The first-order valence-corrected chi connectivity index (χ1v) is 7.67. The molecule has 0 amide bonds. The normalized spacial score (nSPS) is 17.4. The van der Waals surface area contributed by atoms with Crippen LogP contribution < -0.4 is 5.73 Å². The van der Waals surface area contributed by atoms with E-state index in [-0.39, 0.29) is 0 Å². The van der Waals surface area contributed by atoms with Crippen LogP contribution in [-0.2, 0) is 13.1 Å². The van der Waals surface area contributed by atoms with Gasteiger partial charge in [0.25, 0.3) is 0 Å². The van der Waals surface area contributed by atoms with Gasteiger partial charge in [0.15, 0.2) is 0 Å². The summed E-state index contributed by atoms with van der Waals surface area (Å²) >= 11 is 1.85. The molecule has 0 aliphatic carbocycles. The summed E-state index contributed by atoms with van der Waals surface area (Å²) in [4.78, 5) is 2.58. The van der Waals surface area contributed by atoms with Gasteiger partial charge in [-0.3, -0.25) is 4.90 Å². The maximum Gasteiger partial charge on any atom is 0.0390 e. The van der Waals surface area contributed by atoms with Crippen LogP contribution in [0, 0.1) is 0 Å². The average molecular weight is 260 g/mol. The molecule has 0 spiro atoms. The number of hydrogen-bond donors (Lipinski definition) is 1. The Labute approximate surface area is 112 Å². The molecule has 3 heteroatoms. The van der Waals surface area contributed by atoms with Gasteiger partial charge in [-0.05, 0) is 47.8 Å². The van der Waals surface area contributed by atoms with Crippen molar-refractivity contribution in [3.63, 3.8) is 0 Å². The molecule has 0 atom stereocenters. The number of benzene rings is 1. The summed E-state index contributed by atoms with van der Waals surface area (Å²) in [6.07, 6.45) is 4.12. The first-order chi connectivity index (χ1) is 8.88. The van der Waals surface area contributed by atoms with Crippen LogP contribution in [0.15, 0.2) is 23.6 Å². The SMILES string of the molecule is NCc1cccc2c(CN3CCCCC3)csc12. The van der Waals surface area contributed by atoms with Gasteiger partial charge in [-0.15, -0.1) is 11.3 Å². The van der Waals surface area contributed by atoms with Crippen molar-refractivity contribution in [2.45, 2.75) is 32.4 Å². The minimum absolute atomic E-state index is 0.640. The average Bonchev–Trinajstić information content (AvgIpc) is 2.83. The Morgan fingerprint density at radius 1 is 1.11 bits per heavy atom. The number of nitrogens with two attached hydrogens (primary N) is 1. The first-order valence-electron chi connectivity index (χ1n) is 6.79. The lowest BCUT2D eigenvalue weighted by molar-refractivity contribution is 0.222. The summed E-state index contributed by atoms with van der Waals surface area (Å²) in [5, 5.41) is 3.73. The molecule has 1 saturated heterocycles. The van der Waals surface area contributed by atoms with E-state index in [1.807, 2.05) is 11.3 Å². The summed E-state index contributed by atoms with van der Waals surface area (Å²) < 4.78 is 1.38. The molecule has 1 aliphatic rings. The standard InChI is InChI=1S/C15H20N2S/c16-9-12-5-4-6-14-13(11-18-15(12)14)10-17-7-2-1-3-8-17/h4-6,11H,1-3,7-10,16H2. The van der Waals surface area contributed by atoms with E-state index < -0.39 is 0 Å². The second kappa shape index (κ2) is 5.39. The number of thiophene rings is 1. The van der Waals surface area contributed by atoms with Gasteiger partial charge in [0.1, 0.15) is 0 Å². The molecule has 96 valence electrons. The summed E-state index contributed by atoms with van der Waals surface area (Å²) in [5.41, 5.74) is 8.56. The van der Waals surface area contributed by atoms with E-state index in [9.17, 15) is 0 Å². The number of hydrogen-bond acceptors (Lipinski definition) is 3. The van der Waals surface area contributed by atoms with E-state index in [4.69, 9.17) is 5.73 Å². The maximum absolute atomic E-state index is 5.81. The summed E-state index contributed by atoms with van der Waals surface area (Å²) in [7, 11) is 0. The molecule has 2 nitrogen and oxygen atoms in total. The largest absolute Gasteiger partial charge is 0.326 e. The topological polar surface area (TPSA) is 29.3 Å². The zero-order valence-electron chi connectivity index (χ0n) is 10.7. The van der Waals surface area contributed by atoms with Gasteiger partial charge in [0, 0.05) is 17.8 Å². The molecular weight excluding hydrogens is 240 g/mol. The Hall–Kier alpha value is -0.900. The van der Waals surface area contributed by atoms with Gasteiger partial charge in [0.2, 0.25) is 0 Å². The number of fused-ring (bicyclic) bond motifs is 1. The molecule has 2 aromatic rings. The van der Waals surface area contributed by atoms with Gasteiger partial charge in [0.05, 0.1) is 0 Å². The Bertz CT molecular complexity index is 526. The van der Waals surface area contributed by atoms with Crippen molar-refractivity contribution in [1.29, 1.82) is 0 Å². The van der Waals surface area contributed by atoms with Crippen molar-refractivity contribution in [1.82, 2.24) is 4.90 Å². The van der Waals surface area contributed by atoms with Crippen LogP contribution in [0.1, 0.15) is 30.4 Å². The fourth-order valence-corrected chi connectivity index (χ4v) is 3.90. The predicted octanol–water partition coefficient (Wildman–Crippen LogP) is 3.35. The van der Waals surface area contributed by atoms with E-state index in [1.165, 1.54) is 53.6 Å². The third-order valence-corrected chi connectivity index (χ3v) is 4.94. The van der Waals surface area contributed by atoms with Gasteiger partial charge >= 0.3 is 0 Å². The lowest BCUT2D eigenvalue weighted by Gasteiger charge is -2.26. The van der Waals surface area contributed by atoms with Gasteiger partial charge < -0.3 is 5.73 Å². The third kappa shape index (κ3) is 2.30. The van der Waals surface area contributed by atoms with Crippen LogP contribution in [-0.4, -0.2) is 18.0 Å². The number of piperidine rings is 1. The van der Waals surface area contributed by atoms with Gasteiger partial charge in [-0.25, -0.2) is 0 Å². The van der Waals surface area contributed by atoms with E-state index in [0.717, 1.165) is 6.54 Å². The minimum Gasteiger partial charge on any atom is -0.326 e. The van der Waals surface area contributed by atoms with Crippen molar-refractivity contribution < 1.29 is 0 Å². The van der Waals surface area contributed by atoms with E-state index in [2.05, 4.69) is 28.5 Å². The smallest absolute Gasteiger partial charge is 0.0390 e. The van der Waals surface area contributed by atoms with Crippen molar-refractivity contribution in [3.8, 4) is 0 Å². The molecule has 1 aromatic heterocycles. The minimum atomic E-state index is 0.640. The zero-order chi connectivity index (χ0) is 12.4. The van der Waals surface area contributed by atoms with Crippen LogP contribution in [0.5, 0.6) is 0 Å². The van der Waals surface area contributed by atoms with E-state index in [1.54, 1.807) is 0 Å². The fraction of sp³-hybridized carbons (Fsp3) is 0.467. The highest BCUT2D eigenvalue weighted by Crippen LogP contribution is 2.30. The quantitative estimate of drug-likeness (QED) is 0.917. The van der Waals surface area contributed by atoms with Gasteiger partial charge in [-0.2, -0.15) is 0 Å². The molecule has 1 aliphatic heterocycles. The number of rotatable bonds is 3. The van der Waals surface area contributed by atoms with Crippen LogP contribution in [0.3, 0.4) is 0 Å². The Kier molecular flexibility index (Phi) is 3.64. The number of nitrogens with zero attached hydrogens (tertiary/aromatic N) is 1. The Morgan fingerprint density at radius 3 is 2.72 bits per heavy atom. The highest BCUT2D eigenvalue weighted by Gasteiger charge is 2.13. The Balaban J connectivity index is 1.88. The molecule has 2 N–H and O–H groups in total. The summed E-state index contributed by atoms with van der Waals surface area (Å²) in [6.45, 7) is 4.26. The zero-order valence-corrected chi connectivity index (χ0v) is 11.5. The lowest BCUT2D eigenvalue weighted by atomic mass is 10.1. The molecule has 0 saturated carbocycles. The molecule has 2 heterocycles. The van der Waals surface area contributed by atoms with Crippen molar-refractivity contribution in [2.24, 2.45) is 5.73 Å². The van der Waals surface area contributed by atoms with Gasteiger partial charge in [-0.1, -0.05) is 24.6 Å². The van der Waals surface area contributed by atoms with E-state index >= 15 is 0 Å². The van der Waals surface area contributed by atoms with Crippen molar-refractivity contribution in [2.75, 3.05) is 13.1 Å². The molecular formula is C15H20N2S. The third-order valence-electron chi connectivity index (χ3n) is 3.82. The monoisotopic (exact) mass is 260 g/mol. The number of likely N-dealkylation sites (tertiary alicyclic amines) is 1. The fourth-order valence-electron chi connectivity index (χ4n) is 2.81. The van der Waals surface area contributed by atoms with Crippen LogP contribution in [0.2, 0.25) is 0 Å². The van der Waals surface area contributed by atoms with Crippen LogP contribution in [0.25, 0.3) is 10.1 Å². The van der Waals surface area contributed by atoms with Crippen LogP contribution >= 0.6 is 11.3 Å². The molecule has 3 rings (SSSR count). The van der Waals surface area contributed by atoms with Crippen molar-refractivity contribution >= 4 is 21.4 Å². The highest BCUT2D eigenvalue weighted by atomic mass is 32.1. The molecule has 1 fully saturated rings. The summed E-state index contributed by atoms with van der Waals surface area (Å²) in [5.74, 6) is 0. The second-order valence-corrected chi connectivity index (χ2v) is 5.98. The molecule has 0 unspecified atom stereocenters. The second-order valence-electron chi connectivity index (χ2n) is 5.10. The lowest BCUT2D eigenvalue weighted by Crippen LogP contribution is -2.28. The van der Waals surface area contributed by atoms with Crippen LogP contribution in [0.4, 0.5) is 0 Å². The predicted molar refractivity (Wildman–Crippen MR) is 78.8 cm³/mol. The van der Waals surface area contributed by atoms with Crippen molar-refractivity contribution in [3.05, 3.63) is 34.7 Å². The maximum atomic E-state index is 5.81. The Morgan fingerprint density at radius 2 is 1.94 bits per heavy atom. The molecule has 0 bridgehead atoms. The molecule has 1 aromatic carbocycles. The molecule has 0 radical (unpaired) electrons.